The maximum atomic E-state index is 13.2. The van der Waals surface area contributed by atoms with Crippen LogP contribution in [0.25, 0.3) is 0 Å². The van der Waals surface area contributed by atoms with Crippen molar-refractivity contribution in [2.24, 2.45) is 0 Å². The summed E-state index contributed by atoms with van der Waals surface area (Å²) in [7, 11) is 0. The van der Waals surface area contributed by atoms with Gasteiger partial charge in [-0.25, -0.2) is 8.78 Å². The van der Waals surface area contributed by atoms with Gasteiger partial charge in [-0.2, -0.15) is 0 Å². The van der Waals surface area contributed by atoms with Crippen molar-refractivity contribution in [3.63, 3.8) is 0 Å². The number of nitrogens with zero attached hydrogens (tertiary/aromatic N) is 1. The molecule has 7 heteroatoms. The molecule has 2 aromatic carbocycles. The lowest BCUT2D eigenvalue weighted by atomic mass is 10.1. The Morgan fingerprint density at radius 3 is 2.48 bits per heavy atom. The third-order valence-corrected chi connectivity index (χ3v) is 3.19. The van der Waals surface area contributed by atoms with Gasteiger partial charge in [0.2, 0.25) is 5.78 Å². The first-order valence-corrected chi connectivity index (χ1v) is 6.70. The highest BCUT2D eigenvalue weighted by molar-refractivity contribution is 5.99. The number of carbonyl (C=O) groups is 1. The molecule has 0 radical (unpaired) electrons. The van der Waals surface area contributed by atoms with Crippen molar-refractivity contribution in [2.45, 2.75) is 20.0 Å². The third kappa shape index (κ3) is 3.68. The van der Waals surface area contributed by atoms with Crippen LogP contribution in [0.1, 0.15) is 22.8 Å². The number of benzene rings is 2. The molecule has 1 atom stereocenters. The fourth-order valence-electron chi connectivity index (χ4n) is 2.00. The van der Waals surface area contributed by atoms with Crippen LogP contribution in [0.15, 0.2) is 36.4 Å². The van der Waals surface area contributed by atoms with Gasteiger partial charge in [0, 0.05) is 11.6 Å². The molecule has 2 aromatic rings. The van der Waals surface area contributed by atoms with Crippen molar-refractivity contribution in [1.29, 1.82) is 0 Å². The van der Waals surface area contributed by atoms with Crippen molar-refractivity contribution in [3.05, 3.63) is 69.3 Å². The zero-order valence-electron chi connectivity index (χ0n) is 12.4. The molecule has 0 N–H and O–H groups in total. The van der Waals surface area contributed by atoms with E-state index in [0.717, 1.165) is 18.2 Å². The van der Waals surface area contributed by atoms with Crippen LogP contribution in [0, 0.1) is 28.7 Å². The van der Waals surface area contributed by atoms with Crippen LogP contribution in [0.3, 0.4) is 0 Å². The van der Waals surface area contributed by atoms with Gasteiger partial charge in [0.15, 0.2) is 23.5 Å². The highest BCUT2D eigenvalue weighted by Gasteiger charge is 2.23. The van der Waals surface area contributed by atoms with E-state index in [1.165, 1.54) is 19.1 Å². The number of rotatable bonds is 5. The molecule has 0 fully saturated rings. The maximum Gasteiger partial charge on any atom is 0.311 e. The number of aryl methyl sites for hydroxylation is 1. The van der Waals surface area contributed by atoms with E-state index in [4.69, 9.17) is 4.74 Å². The molecule has 0 amide bonds. The molecule has 0 aliphatic rings. The molecule has 0 saturated heterocycles. The van der Waals surface area contributed by atoms with Gasteiger partial charge in [-0.1, -0.05) is 6.07 Å². The molecule has 0 aromatic heterocycles. The van der Waals surface area contributed by atoms with Crippen LogP contribution in [0.5, 0.6) is 5.75 Å². The van der Waals surface area contributed by atoms with Gasteiger partial charge in [0.25, 0.3) is 0 Å². The number of ether oxygens (including phenoxy) is 1. The zero-order chi connectivity index (χ0) is 17.1. The second-order valence-electron chi connectivity index (χ2n) is 4.98. The summed E-state index contributed by atoms with van der Waals surface area (Å²) >= 11 is 0. The van der Waals surface area contributed by atoms with E-state index in [9.17, 15) is 23.7 Å². The van der Waals surface area contributed by atoms with Crippen molar-refractivity contribution in [2.75, 3.05) is 0 Å². The van der Waals surface area contributed by atoms with Crippen LogP contribution in [-0.2, 0) is 0 Å². The van der Waals surface area contributed by atoms with Gasteiger partial charge in [-0.05, 0) is 43.7 Å². The van der Waals surface area contributed by atoms with Gasteiger partial charge >= 0.3 is 5.69 Å². The molecular formula is C16H13F2NO4. The van der Waals surface area contributed by atoms with E-state index in [0.29, 0.717) is 5.56 Å². The minimum Gasteiger partial charge on any atom is -0.475 e. The van der Waals surface area contributed by atoms with E-state index in [1.54, 1.807) is 13.0 Å². The second kappa shape index (κ2) is 6.51. The SMILES string of the molecule is Cc1ccc(O[C@@H](C)C(=O)c2ccc(F)c(F)c2)c([N+](=O)[O-])c1. The topological polar surface area (TPSA) is 69.4 Å². The minimum atomic E-state index is -1.15. The number of halogens is 2. The summed E-state index contributed by atoms with van der Waals surface area (Å²) in [6.45, 7) is 3.07. The first-order valence-electron chi connectivity index (χ1n) is 6.70. The Labute approximate surface area is 130 Å². The molecule has 0 spiro atoms. The molecule has 0 saturated carbocycles. The first-order chi connectivity index (χ1) is 10.8. The zero-order valence-corrected chi connectivity index (χ0v) is 12.4. The Morgan fingerprint density at radius 1 is 1.17 bits per heavy atom. The highest BCUT2D eigenvalue weighted by atomic mass is 19.2. The van der Waals surface area contributed by atoms with Gasteiger partial charge < -0.3 is 4.74 Å². The summed E-state index contributed by atoms with van der Waals surface area (Å²) in [5, 5.41) is 11.0. The lowest BCUT2D eigenvalue weighted by Gasteiger charge is -2.14. The predicted octanol–water partition coefficient (Wildman–Crippen LogP) is 3.83. The Bertz CT molecular complexity index is 777. The Kier molecular flexibility index (Phi) is 4.68. The second-order valence-corrected chi connectivity index (χ2v) is 4.98. The molecule has 0 aliphatic carbocycles. The minimum absolute atomic E-state index is 0.0657. The van der Waals surface area contributed by atoms with Crippen molar-refractivity contribution >= 4 is 11.5 Å². The standard InChI is InChI=1S/C16H13F2NO4/c1-9-3-6-15(14(7-9)19(21)22)23-10(2)16(20)11-4-5-12(17)13(18)8-11/h3-8,10H,1-2H3/t10-/m0/s1. The quantitative estimate of drug-likeness (QED) is 0.477. The summed E-state index contributed by atoms with van der Waals surface area (Å²) in [5.41, 5.74) is 0.324. The van der Waals surface area contributed by atoms with E-state index in [-0.39, 0.29) is 17.0 Å². The largest absolute Gasteiger partial charge is 0.475 e. The van der Waals surface area contributed by atoms with Gasteiger partial charge in [-0.15, -0.1) is 0 Å². The van der Waals surface area contributed by atoms with Crippen LogP contribution in [-0.4, -0.2) is 16.8 Å². The number of Topliss-reactive ketones (excluding diaryl/α,β-unsaturated/α-hetero) is 1. The average Bonchev–Trinajstić information content (AvgIpc) is 2.50. The van der Waals surface area contributed by atoms with E-state index < -0.39 is 28.4 Å². The summed E-state index contributed by atoms with van der Waals surface area (Å²) in [5.74, 6) is -2.89. The number of hydrogen-bond acceptors (Lipinski definition) is 4. The van der Waals surface area contributed by atoms with E-state index in [1.807, 2.05) is 0 Å². The molecule has 23 heavy (non-hydrogen) atoms. The summed E-state index contributed by atoms with van der Waals surface area (Å²) in [4.78, 5) is 22.6. The highest BCUT2D eigenvalue weighted by Crippen LogP contribution is 2.29. The number of nitro groups is 1. The number of nitro benzene ring substituents is 1. The van der Waals surface area contributed by atoms with Gasteiger partial charge in [0.05, 0.1) is 4.92 Å². The van der Waals surface area contributed by atoms with Gasteiger partial charge in [0.1, 0.15) is 0 Å². The lowest BCUT2D eigenvalue weighted by molar-refractivity contribution is -0.386. The molecule has 0 heterocycles. The summed E-state index contributed by atoms with van der Waals surface area (Å²) in [6, 6.07) is 7.05. The lowest BCUT2D eigenvalue weighted by Crippen LogP contribution is -2.24. The third-order valence-electron chi connectivity index (χ3n) is 3.19. The Morgan fingerprint density at radius 2 is 1.87 bits per heavy atom. The fraction of sp³-hybridized carbons (Fsp3) is 0.188. The average molecular weight is 321 g/mol. The molecular weight excluding hydrogens is 308 g/mol. The van der Waals surface area contributed by atoms with E-state index in [2.05, 4.69) is 0 Å². The molecule has 120 valence electrons. The number of hydrogen-bond donors (Lipinski definition) is 0. The molecule has 2 rings (SSSR count). The fourth-order valence-corrected chi connectivity index (χ4v) is 2.00. The van der Waals surface area contributed by atoms with Gasteiger partial charge in [-0.3, -0.25) is 14.9 Å². The summed E-state index contributed by atoms with van der Waals surface area (Å²) < 4.78 is 31.4. The van der Waals surface area contributed by atoms with Crippen molar-refractivity contribution in [1.82, 2.24) is 0 Å². The first kappa shape index (κ1) is 16.5. The monoisotopic (exact) mass is 321 g/mol. The number of carbonyl (C=O) groups excluding carboxylic acids is 1. The Balaban J connectivity index is 2.24. The molecule has 0 bridgehead atoms. The number of ketones is 1. The smallest absolute Gasteiger partial charge is 0.311 e. The molecule has 0 unspecified atom stereocenters. The Hall–Kier alpha value is -2.83. The van der Waals surface area contributed by atoms with Crippen molar-refractivity contribution in [3.8, 4) is 5.75 Å². The maximum absolute atomic E-state index is 13.2. The van der Waals surface area contributed by atoms with E-state index >= 15 is 0 Å². The van der Waals surface area contributed by atoms with Crippen molar-refractivity contribution < 1.29 is 23.2 Å². The normalized spacial score (nSPS) is 11.8. The van der Waals surface area contributed by atoms with Crippen LogP contribution in [0.4, 0.5) is 14.5 Å². The van der Waals surface area contributed by atoms with Crippen LogP contribution in [0.2, 0.25) is 0 Å². The van der Waals surface area contributed by atoms with Crippen LogP contribution >= 0.6 is 0 Å². The summed E-state index contributed by atoms with van der Waals surface area (Å²) in [6.07, 6.45) is -1.10. The molecule has 5 nitrogen and oxygen atoms in total. The predicted molar refractivity (Wildman–Crippen MR) is 78.6 cm³/mol. The molecule has 0 aliphatic heterocycles. The van der Waals surface area contributed by atoms with Crippen LogP contribution < -0.4 is 4.74 Å².